The molecule has 66 valence electrons. The highest BCUT2D eigenvalue weighted by Crippen LogP contribution is 2.24. The number of hydrogen-bond donors (Lipinski definition) is 0. The first-order valence-corrected chi connectivity index (χ1v) is 4.72. The van der Waals surface area contributed by atoms with Gasteiger partial charge in [-0.25, -0.2) is 0 Å². The fraction of sp³-hybridized carbons (Fsp3) is 0.231. The molecular formula is C13H14. The van der Waals surface area contributed by atoms with E-state index in [4.69, 9.17) is 0 Å². The largest absolute Gasteiger partial charge is 0.0801 e. The fourth-order valence-electron chi connectivity index (χ4n) is 1.73. The predicted octanol–water partition coefficient (Wildman–Crippen LogP) is 3.82. The summed E-state index contributed by atoms with van der Waals surface area (Å²) in [6.45, 7) is 4.32. The molecule has 0 saturated heterocycles. The van der Waals surface area contributed by atoms with E-state index in [-0.39, 0.29) is 0 Å². The molecule has 0 heterocycles. The van der Waals surface area contributed by atoms with Crippen LogP contribution in [0.5, 0.6) is 0 Å². The quantitative estimate of drug-likeness (QED) is 0.555. The lowest BCUT2D eigenvalue weighted by Gasteiger charge is -2.05. The van der Waals surface area contributed by atoms with Crippen molar-refractivity contribution in [3.8, 4) is 0 Å². The average molecular weight is 170 g/mol. The summed E-state index contributed by atoms with van der Waals surface area (Å²) < 4.78 is 0. The molecule has 1 aliphatic rings. The molecule has 1 aliphatic carbocycles. The molecule has 0 nitrogen and oxygen atoms in total. The van der Waals surface area contributed by atoms with Crippen LogP contribution in [0.1, 0.15) is 30.0 Å². The average Bonchev–Trinajstić information content (AvgIpc) is 2.28. The number of aryl methyl sites for hydroxylation is 1. The van der Waals surface area contributed by atoms with Gasteiger partial charge in [0.1, 0.15) is 0 Å². The van der Waals surface area contributed by atoms with Crippen molar-refractivity contribution in [1.29, 1.82) is 0 Å². The Kier molecular flexibility index (Phi) is 2.05. The van der Waals surface area contributed by atoms with Crippen molar-refractivity contribution in [3.63, 3.8) is 0 Å². The lowest BCUT2D eigenvalue weighted by atomic mass is 10.00. The van der Waals surface area contributed by atoms with Crippen LogP contribution < -0.4 is 0 Å². The van der Waals surface area contributed by atoms with Crippen LogP contribution in [-0.4, -0.2) is 0 Å². The Morgan fingerprint density at radius 1 is 1.15 bits per heavy atom. The lowest BCUT2D eigenvalue weighted by Crippen LogP contribution is -1.85. The Balaban J connectivity index is 2.62. The molecule has 0 atom stereocenters. The number of rotatable bonds is 0. The monoisotopic (exact) mass is 170 g/mol. The molecule has 0 radical (unpaired) electrons. The summed E-state index contributed by atoms with van der Waals surface area (Å²) >= 11 is 0. The van der Waals surface area contributed by atoms with E-state index in [1.54, 1.807) is 0 Å². The van der Waals surface area contributed by atoms with E-state index in [1.807, 2.05) is 0 Å². The standard InChI is InChI=1S/C13H14/c1-10-7-8-13-11(2)5-3-4-6-12(13)9-10/h4-9H,3H2,1-2H3. The van der Waals surface area contributed by atoms with Crippen molar-refractivity contribution in [2.75, 3.05) is 0 Å². The molecule has 13 heavy (non-hydrogen) atoms. The van der Waals surface area contributed by atoms with Gasteiger partial charge in [-0.05, 0) is 37.0 Å². The highest BCUT2D eigenvalue weighted by molar-refractivity contribution is 5.75. The van der Waals surface area contributed by atoms with Gasteiger partial charge in [0, 0.05) is 0 Å². The van der Waals surface area contributed by atoms with Crippen LogP contribution in [0.2, 0.25) is 0 Å². The summed E-state index contributed by atoms with van der Waals surface area (Å²) in [4.78, 5) is 0. The summed E-state index contributed by atoms with van der Waals surface area (Å²) in [6, 6.07) is 6.63. The Morgan fingerprint density at radius 2 is 2.00 bits per heavy atom. The molecule has 0 heteroatoms. The molecule has 0 spiro atoms. The summed E-state index contributed by atoms with van der Waals surface area (Å²) in [7, 11) is 0. The van der Waals surface area contributed by atoms with Crippen molar-refractivity contribution >= 4 is 11.6 Å². The normalized spacial score (nSPS) is 14.8. The first-order chi connectivity index (χ1) is 6.27. The number of benzene rings is 1. The third-order valence-corrected chi connectivity index (χ3v) is 2.49. The summed E-state index contributed by atoms with van der Waals surface area (Å²) in [5.41, 5.74) is 5.45. The minimum Gasteiger partial charge on any atom is -0.0801 e. The maximum absolute atomic E-state index is 2.28. The van der Waals surface area contributed by atoms with Gasteiger partial charge >= 0.3 is 0 Å². The van der Waals surface area contributed by atoms with Crippen LogP contribution in [0.3, 0.4) is 0 Å². The van der Waals surface area contributed by atoms with Gasteiger partial charge in [0.2, 0.25) is 0 Å². The van der Waals surface area contributed by atoms with Crippen molar-refractivity contribution in [1.82, 2.24) is 0 Å². The van der Waals surface area contributed by atoms with Gasteiger partial charge in [0.25, 0.3) is 0 Å². The third-order valence-electron chi connectivity index (χ3n) is 2.49. The minimum atomic E-state index is 1.06. The van der Waals surface area contributed by atoms with E-state index in [2.05, 4.69) is 50.3 Å². The van der Waals surface area contributed by atoms with Crippen molar-refractivity contribution in [3.05, 3.63) is 47.0 Å². The maximum Gasteiger partial charge on any atom is -0.0158 e. The van der Waals surface area contributed by atoms with Crippen molar-refractivity contribution in [2.24, 2.45) is 0 Å². The fourth-order valence-corrected chi connectivity index (χ4v) is 1.73. The Hall–Kier alpha value is -1.30. The van der Waals surface area contributed by atoms with Gasteiger partial charge in [-0.15, -0.1) is 0 Å². The van der Waals surface area contributed by atoms with E-state index < -0.39 is 0 Å². The van der Waals surface area contributed by atoms with Gasteiger partial charge in [-0.1, -0.05) is 42.0 Å². The second-order valence-corrected chi connectivity index (χ2v) is 3.62. The number of allylic oxidation sites excluding steroid dienone is 3. The molecule has 0 saturated carbocycles. The molecule has 0 fully saturated rings. The van der Waals surface area contributed by atoms with E-state index in [0.29, 0.717) is 0 Å². The predicted molar refractivity (Wildman–Crippen MR) is 58.5 cm³/mol. The SMILES string of the molecule is CC1=CCC=Cc2cc(C)ccc21. The number of fused-ring (bicyclic) bond motifs is 1. The van der Waals surface area contributed by atoms with Gasteiger partial charge in [-0.2, -0.15) is 0 Å². The zero-order valence-corrected chi connectivity index (χ0v) is 8.17. The zero-order chi connectivity index (χ0) is 9.26. The maximum atomic E-state index is 2.28. The molecule has 0 amide bonds. The number of hydrogen-bond acceptors (Lipinski definition) is 0. The topological polar surface area (TPSA) is 0 Å². The van der Waals surface area contributed by atoms with Crippen LogP contribution >= 0.6 is 0 Å². The zero-order valence-electron chi connectivity index (χ0n) is 8.17. The highest BCUT2D eigenvalue weighted by atomic mass is 14.1. The molecule has 0 N–H and O–H groups in total. The second kappa shape index (κ2) is 3.21. The Bertz CT molecular complexity index is 381. The molecule has 0 aliphatic heterocycles. The molecule has 0 aromatic heterocycles. The Morgan fingerprint density at radius 3 is 2.85 bits per heavy atom. The van der Waals surface area contributed by atoms with Crippen LogP contribution in [0.25, 0.3) is 11.6 Å². The highest BCUT2D eigenvalue weighted by Gasteiger charge is 2.03. The van der Waals surface area contributed by atoms with Gasteiger partial charge in [-0.3, -0.25) is 0 Å². The molecule has 1 aromatic carbocycles. The van der Waals surface area contributed by atoms with E-state index >= 15 is 0 Å². The van der Waals surface area contributed by atoms with Crippen LogP contribution in [0.15, 0.2) is 30.4 Å². The lowest BCUT2D eigenvalue weighted by molar-refractivity contribution is 1.40. The molecule has 2 rings (SSSR count). The van der Waals surface area contributed by atoms with Gasteiger partial charge in [0.15, 0.2) is 0 Å². The van der Waals surface area contributed by atoms with Gasteiger partial charge in [0.05, 0.1) is 0 Å². The molecule has 0 bridgehead atoms. The van der Waals surface area contributed by atoms with E-state index in [1.165, 1.54) is 22.3 Å². The van der Waals surface area contributed by atoms with Crippen molar-refractivity contribution < 1.29 is 0 Å². The van der Waals surface area contributed by atoms with Crippen LogP contribution in [0, 0.1) is 6.92 Å². The molecular weight excluding hydrogens is 156 g/mol. The third kappa shape index (κ3) is 1.57. The smallest absolute Gasteiger partial charge is 0.0158 e. The molecule has 0 unspecified atom stereocenters. The van der Waals surface area contributed by atoms with Crippen LogP contribution in [0.4, 0.5) is 0 Å². The minimum absolute atomic E-state index is 1.06. The molecule has 1 aromatic rings. The van der Waals surface area contributed by atoms with E-state index in [0.717, 1.165) is 6.42 Å². The van der Waals surface area contributed by atoms with E-state index in [9.17, 15) is 0 Å². The van der Waals surface area contributed by atoms with Crippen LogP contribution in [-0.2, 0) is 0 Å². The first-order valence-electron chi connectivity index (χ1n) is 4.72. The summed E-state index contributed by atoms with van der Waals surface area (Å²) in [5, 5.41) is 0. The Labute approximate surface area is 79.6 Å². The second-order valence-electron chi connectivity index (χ2n) is 3.62. The first kappa shape index (κ1) is 8.31. The summed E-state index contributed by atoms with van der Waals surface area (Å²) in [6.07, 6.45) is 7.77. The summed E-state index contributed by atoms with van der Waals surface area (Å²) in [5.74, 6) is 0. The van der Waals surface area contributed by atoms with Crippen molar-refractivity contribution in [2.45, 2.75) is 20.3 Å². The van der Waals surface area contributed by atoms with Gasteiger partial charge < -0.3 is 0 Å².